The molecule has 2 aromatic carbocycles. The fourth-order valence-corrected chi connectivity index (χ4v) is 3.65. The molecule has 1 N–H and O–H groups in total. The van der Waals surface area contributed by atoms with Gasteiger partial charge in [0, 0.05) is 19.3 Å². The van der Waals surface area contributed by atoms with Crippen LogP contribution in [0.3, 0.4) is 0 Å². The number of carbonyl (C=O) groups is 1. The molecule has 1 fully saturated rings. The number of benzene rings is 2. The van der Waals surface area contributed by atoms with Crippen LogP contribution in [0.1, 0.15) is 24.1 Å². The highest BCUT2D eigenvalue weighted by molar-refractivity contribution is 5.86. The Morgan fingerprint density at radius 3 is 2.81 bits per heavy atom. The Bertz CT molecular complexity index is 1070. The van der Waals surface area contributed by atoms with Crippen molar-refractivity contribution in [3.8, 4) is 6.01 Å². The molecule has 162 valence electrons. The van der Waals surface area contributed by atoms with Gasteiger partial charge in [-0.15, -0.1) is 0 Å². The number of nitrogens with zero attached hydrogens (tertiary/aromatic N) is 3. The van der Waals surface area contributed by atoms with Crippen LogP contribution < -0.4 is 10.1 Å². The smallest absolute Gasteiger partial charge is 0.433 e. The summed E-state index contributed by atoms with van der Waals surface area (Å²) in [4.78, 5) is 21.5. The van der Waals surface area contributed by atoms with Crippen LogP contribution in [0.25, 0.3) is 10.8 Å². The summed E-state index contributed by atoms with van der Waals surface area (Å²) in [6.45, 7) is 1.17. The summed E-state index contributed by atoms with van der Waals surface area (Å²) in [6, 6.07) is 14.1. The highest BCUT2D eigenvalue weighted by Gasteiger charge is 2.33. The first-order valence-corrected chi connectivity index (χ1v) is 9.96. The number of aromatic nitrogens is 2. The number of ether oxygens (including phenoxy) is 1. The monoisotopic (exact) mass is 430 g/mol. The van der Waals surface area contributed by atoms with E-state index >= 15 is 0 Å². The highest BCUT2D eigenvalue weighted by Crippen LogP contribution is 2.28. The van der Waals surface area contributed by atoms with Crippen molar-refractivity contribution in [1.82, 2.24) is 20.2 Å². The summed E-state index contributed by atoms with van der Waals surface area (Å²) in [7, 11) is 0. The zero-order valence-electron chi connectivity index (χ0n) is 16.6. The normalized spacial score (nSPS) is 16.9. The fraction of sp³-hybridized carbons (Fsp3) is 0.318. The number of carbonyl (C=O) groups excluding carboxylic acids is 1. The predicted molar refractivity (Wildman–Crippen MR) is 108 cm³/mol. The van der Waals surface area contributed by atoms with E-state index in [0.29, 0.717) is 25.9 Å². The standard InChI is InChI=1S/C22H21F3N4O2/c23-22(24,25)19-10-11-26-20(28-19)31-17-8-4-12-29(14-17)21(30)27-13-16-7-3-6-15-5-1-2-9-18(15)16/h1-3,5-7,9-11,17H,4,8,12-14H2,(H,27,30). The predicted octanol–water partition coefficient (Wildman–Crippen LogP) is 4.40. The Balaban J connectivity index is 1.36. The first-order chi connectivity index (χ1) is 14.9. The topological polar surface area (TPSA) is 67.4 Å². The van der Waals surface area contributed by atoms with E-state index in [0.717, 1.165) is 28.6 Å². The molecule has 0 spiro atoms. The van der Waals surface area contributed by atoms with Gasteiger partial charge < -0.3 is 15.0 Å². The third-order valence-corrected chi connectivity index (χ3v) is 5.17. The summed E-state index contributed by atoms with van der Waals surface area (Å²) >= 11 is 0. The van der Waals surface area contributed by atoms with Crippen LogP contribution >= 0.6 is 0 Å². The molecule has 1 atom stereocenters. The second-order valence-electron chi connectivity index (χ2n) is 7.35. The lowest BCUT2D eigenvalue weighted by atomic mass is 10.0. The minimum atomic E-state index is -4.57. The number of piperidine rings is 1. The van der Waals surface area contributed by atoms with Gasteiger partial charge in [0.2, 0.25) is 0 Å². The number of amides is 2. The third kappa shape index (κ3) is 5.04. The number of likely N-dealkylation sites (tertiary alicyclic amines) is 1. The van der Waals surface area contributed by atoms with E-state index < -0.39 is 18.0 Å². The molecule has 4 rings (SSSR count). The number of halogens is 3. The van der Waals surface area contributed by atoms with Gasteiger partial charge in [-0.2, -0.15) is 18.2 Å². The van der Waals surface area contributed by atoms with Gasteiger partial charge in [0.15, 0.2) is 5.69 Å². The van der Waals surface area contributed by atoms with Crippen molar-refractivity contribution in [2.45, 2.75) is 31.7 Å². The van der Waals surface area contributed by atoms with Gasteiger partial charge in [-0.3, -0.25) is 0 Å². The van der Waals surface area contributed by atoms with Crippen molar-refractivity contribution in [2.75, 3.05) is 13.1 Å². The molecule has 1 aliphatic rings. The van der Waals surface area contributed by atoms with Crippen LogP contribution in [0.5, 0.6) is 6.01 Å². The van der Waals surface area contributed by atoms with Gasteiger partial charge in [-0.25, -0.2) is 9.78 Å². The number of alkyl halides is 3. The van der Waals surface area contributed by atoms with Crippen molar-refractivity contribution < 1.29 is 22.7 Å². The van der Waals surface area contributed by atoms with Crippen LogP contribution in [0.2, 0.25) is 0 Å². The largest absolute Gasteiger partial charge is 0.458 e. The summed E-state index contributed by atoms with van der Waals surface area (Å²) in [5.74, 6) is 0. The molecule has 9 heteroatoms. The number of hydrogen-bond donors (Lipinski definition) is 1. The molecule has 1 unspecified atom stereocenters. The fourth-order valence-electron chi connectivity index (χ4n) is 3.65. The zero-order chi connectivity index (χ0) is 21.8. The van der Waals surface area contributed by atoms with Gasteiger partial charge in [0.25, 0.3) is 0 Å². The average molecular weight is 430 g/mol. The summed E-state index contributed by atoms with van der Waals surface area (Å²) in [6.07, 6.45) is -2.75. The van der Waals surface area contributed by atoms with E-state index in [9.17, 15) is 18.0 Å². The van der Waals surface area contributed by atoms with E-state index in [-0.39, 0.29) is 18.6 Å². The molecule has 31 heavy (non-hydrogen) atoms. The zero-order valence-corrected chi connectivity index (χ0v) is 16.6. The van der Waals surface area contributed by atoms with Crippen LogP contribution in [-0.4, -0.2) is 40.1 Å². The minimum absolute atomic E-state index is 0.244. The van der Waals surface area contributed by atoms with E-state index in [1.165, 1.54) is 0 Å². The Hall–Kier alpha value is -3.36. The van der Waals surface area contributed by atoms with Crippen molar-refractivity contribution in [1.29, 1.82) is 0 Å². The SMILES string of the molecule is O=C(NCc1cccc2ccccc12)N1CCCC(Oc2nccc(C(F)(F)F)n2)C1. The molecular weight excluding hydrogens is 409 g/mol. The molecule has 2 amide bonds. The van der Waals surface area contributed by atoms with Crippen LogP contribution in [0.15, 0.2) is 54.7 Å². The van der Waals surface area contributed by atoms with Crippen molar-refractivity contribution in [2.24, 2.45) is 0 Å². The van der Waals surface area contributed by atoms with Gasteiger partial charge in [-0.05, 0) is 35.2 Å². The molecule has 0 radical (unpaired) electrons. The van der Waals surface area contributed by atoms with Gasteiger partial charge in [0.1, 0.15) is 6.10 Å². The molecule has 2 heterocycles. The van der Waals surface area contributed by atoms with E-state index in [4.69, 9.17) is 4.74 Å². The molecular formula is C22H21F3N4O2. The maximum Gasteiger partial charge on any atom is 0.433 e. The van der Waals surface area contributed by atoms with Crippen LogP contribution in [-0.2, 0) is 12.7 Å². The quantitative estimate of drug-likeness (QED) is 0.666. The Morgan fingerprint density at radius 2 is 1.97 bits per heavy atom. The van der Waals surface area contributed by atoms with Gasteiger partial charge in [0.05, 0.1) is 6.54 Å². The molecule has 6 nitrogen and oxygen atoms in total. The molecule has 0 bridgehead atoms. The number of nitrogens with one attached hydrogen (secondary N) is 1. The first kappa shape index (κ1) is 20.9. The number of fused-ring (bicyclic) bond motifs is 1. The first-order valence-electron chi connectivity index (χ1n) is 9.96. The second kappa shape index (κ2) is 8.79. The number of rotatable bonds is 4. The lowest BCUT2D eigenvalue weighted by Gasteiger charge is -2.32. The lowest BCUT2D eigenvalue weighted by molar-refractivity contribution is -0.141. The molecule has 1 aliphatic heterocycles. The van der Waals surface area contributed by atoms with E-state index in [2.05, 4.69) is 15.3 Å². The lowest BCUT2D eigenvalue weighted by Crippen LogP contribution is -2.48. The Kier molecular flexibility index (Phi) is 5.92. The van der Waals surface area contributed by atoms with Crippen LogP contribution in [0, 0.1) is 0 Å². The Morgan fingerprint density at radius 1 is 1.16 bits per heavy atom. The second-order valence-corrected chi connectivity index (χ2v) is 7.35. The number of urea groups is 1. The average Bonchev–Trinajstić information content (AvgIpc) is 2.77. The highest BCUT2D eigenvalue weighted by atomic mass is 19.4. The molecule has 3 aromatic rings. The summed E-state index contributed by atoms with van der Waals surface area (Å²) in [5, 5.41) is 5.10. The van der Waals surface area contributed by atoms with E-state index in [1.54, 1.807) is 4.90 Å². The van der Waals surface area contributed by atoms with E-state index in [1.807, 2.05) is 42.5 Å². The Labute approximate surface area is 177 Å². The van der Waals surface area contributed by atoms with Crippen molar-refractivity contribution in [3.05, 3.63) is 66.0 Å². The molecule has 1 saturated heterocycles. The maximum absolute atomic E-state index is 12.8. The van der Waals surface area contributed by atoms with Crippen LogP contribution in [0.4, 0.5) is 18.0 Å². The number of hydrogen-bond acceptors (Lipinski definition) is 4. The summed E-state index contributed by atoms with van der Waals surface area (Å²) in [5.41, 5.74) is -0.0494. The maximum atomic E-state index is 12.8. The summed E-state index contributed by atoms with van der Waals surface area (Å²) < 4.78 is 44.0. The van der Waals surface area contributed by atoms with Gasteiger partial charge >= 0.3 is 18.2 Å². The van der Waals surface area contributed by atoms with Crippen molar-refractivity contribution in [3.63, 3.8) is 0 Å². The molecule has 1 aromatic heterocycles. The third-order valence-electron chi connectivity index (χ3n) is 5.17. The minimum Gasteiger partial charge on any atom is -0.458 e. The molecule has 0 saturated carbocycles. The van der Waals surface area contributed by atoms with Crippen molar-refractivity contribution >= 4 is 16.8 Å². The van der Waals surface area contributed by atoms with Gasteiger partial charge in [-0.1, -0.05) is 42.5 Å². The molecule has 0 aliphatic carbocycles.